The Hall–Kier alpha value is -3.42. The molecule has 0 aliphatic rings. The molecule has 0 saturated carbocycles. The van der Waals surface area contributed by atoms with Crippen molar-refractivity contribution in [3.05, 3.63) is 83.3 Å². The summed E-state index contributed by atoms with van der Waals surface area (Å²) in [4.78, 5) is 16.4. The van der Waals surface area contributed by atoms with E-state index in [4.69, 9.17) is 0 Å². The molecule has 0 fully saturated rings. The molecule has 0 saturated heterocycles. The molecule has 3 rings (SSSR count). The first kappa shape index (κ1) is 20.3. The maximum atomic E-state index is 13.3. The van der Waals surface area contributed by atoms with Gasteiger partial charge in [0.05, 0.1) is 11.3 Å². The normalized spacial score (nSPS) is 12.1. The van der Waals surface area contributed by atoms with Gasteiger partial charge in [-0.1, -0.05) is 36.4 Å². The quantitative estimate of drug-likeness (QED) is 0.655. The van der Waals surface area contributed by atoms with E-state index in [1.807, 2.05) is 19.9 Å². The van der Waals surface area contributed by atoms with Gasteiger partial charge in [-0.25, -0.2) is 9.67 Å². The molecule has 0 unspecified atom stereocenters. The summed E-state index contributed by atoms with van der Waals surface area (Å²) in [6, 6.07) is 12.6. The number of nitrogens with zero attached hydrogens (tertiary/aromatic N) is 3. The average molecular weight is 400 g/mol. The fraction of sp³-hybridized carbons (Fsp3) is 0.190. The van der Waals surface area contributed by atoms with Gasteiger partial charge in [-0.2, -0.15) is 18.3 Å². The van der Waals surface area contributed by atoms with Gasteiger partial charge in [0.25, 0.3) is 0 Å². The lowest BCUT2D eigenvalue weighted by molar-refractivity contribution is -0.117. The number of aryl methyl sites for hydroxylation is 2. The zero-order chi connectivity index (χ0) is 21.0. The summed E-state index contributed by atoms with van der Waals surface area (Å²) in [7, 11) is 0. The highest BCUT2D eigenvalue weighted by Crippen LogP contribution is 2.33. The van der Waals surface area contributed by atoms with E-state index in [1.165, 1.54) is 24.3 Å². The zero-order valence-corrected chi connectivity index (χ0v) is 15.9. The number of nitrogens with one attached hydrogen (secondary N) is 1. The highest BCUT2D eigenvalue weighted by molar-refractivity contribution is 5.96. The SMILES string of the molecule is Cc1cc(C)n(-c2ccc(CNC(=O)/C=C(/c3ccccc3)C(F)(F)F)cn2)n1. The molecule has 8 heteroatoms. The fourth-order valence-electron chi connectivity index (χ4n) is 2.83. The van der Waals surface area contributed by atoms with Crippen LogP contribution in [0.4, 0.5) is 13.2 Å². The molecule has 0 radical (unpaired) electrons. The molecule has 0 aliphatic heterocycles. The summed E-state index contributed by atoms with van der Waals surface area (Å²) in [6.45, 7) is 3.85. The van der Waals surface area contributed by atoms with Crippen LogP contribution in [0.5, 0.6) is 0 Å². The first-order chi connectivity index (χ1) is 13.7. The number of rotatable bonds is 5. The third-order valence-electron chi connectivity index (χ3n) is 4.17. The number of aromatic nitrogens is 3. The monoisotopic (exact) mass is 400 g/mol. The Bertz CT molecular complexity index is 1020. The van der Waals surface area contributed by atoms with E-state index < -0.39 is 17.7 Å². The summed E-state index contributed by atoms with van der Waals surface area (Å²) in [5.41, 5.74) is 1.40. The maximum absolute atomic E-state index is 13.3. The maximum Gasteiger partial charge on any atom is 0.417 e. The number of carbonyl (C=O) groups excluding carboxylic acids is 1. The van der Waals surface area contributed by atoms with Crippen LogP contribution >= 0.6 is 0 Å². The van der Waals surface area contributed by atoms with Crippen LogP contribution in [0.2, 0.25) is 0 Å². The lowest BCUT2D eigenvalue weighted by atomic mass is 10.1. The van der Waals surface area contributed by atoms with Gasteiger partial charge in [0, 0.05) is 24.5 Å². The summed E-state index contributed by atoms with van der Waals surface area (Å²) >= 11 is 0. The van der Waals surface area contributed by atoms with Crippen LogP contribution in [-0.2, 0) is 11.3 Å². The van der Waals surface area contributed by atoms with Gasteiger partial charge in [0.1, 0.15) is 0 Å². The van der Waals surface area contributed by atoms with Crippen molar-refractivity contribution in [3.8, 4) is 5.82 Å². The van der Waals surface area contributed by atoms with E-state index in [1.54, 1.807) is 29.1 Å². The largest absolute Gasteiger partial charge is 0.417 e. The van der Waals surface area contributed by atoms with Crippen molar-refractivity contribution in [2.45, 2.75) is 26.6 Å². The Morgan fingerprint density at radius 3 is 2.41 bits per heavy atom. The minimum atomic E-state index is -4.64. The summed E-state index contributed by atoms with van der Waals surface area (Å²) in [5.74, 6) is -0.210. The van der Waals surface area contributed by atoms with Gasteiger partial charge in [-0.15, -0.1) is 0 Å². The lowest BCUT2D eigenvalue weighted by Crippen LogP contribution is -2.23. The highest BCUT2D eigenvalue weighted by atomic mass is 19.4. The predicted molar refractivity (Wildman–Crippen MR) is 103 cm³/mol. The third kappa shape index (κ3) is 5.10. The van der Waals surface area contributed by atoms with Gasteiger partial charge >= 0.3 is 6.18 Å². The Balaban J connectivity index is 1.69. The van der Waals surface area contributed by atoms with Crippen molar-refractivity contribution in [2.24, 2.45) is 0 Å². The molecule has 0 spiro atoms. The second kappa shape index (κ2) is 8.30. The number of allylic oxidation sites excluding steroid dienone is 1. The Labute approximate surface area is 165 Å². The van der Waals surface area contributed by atoms with Crippen LogP contribution in [0.25, 0.3) is 11.4 Å². The first-order valence-corrected chi connectivity index (χ1v) is 8.85. The van der Waals surface area contributed by atoms with Crippen LogP contribution in [0.1, 0.15) is 22.5 Å². The first-order valence-electron chi connectivity index (χ1n) is 8.85. The number of halogens is 3. The number of pyridine rings is 1. The van der Waals surface area contributed by atoms with E-state index in [0.29, 0.717) is 17.5 Å². The third-order valence-corrected chi connectivity index (χ3v) is 4.17. The molecular formula is C21H19F3N4O. The van der Waals surface area contributed by atoms with E-state index in [2.05, 4.69) is 15.4 Å². The van der Waals surface area contributed by atoms with Crippen molar-refractivity contribution < 1.29 is 18.0 Å². The predicted octanol–water partition coefficient (Wildman–Crippen LogP) is 4.15. The smallest absolute Gasteiger partial charge is 0.348 e. The summed E-state index contributed by atoms with van der Waals surface area (Å²) in [6.07, 6.45) is -2.51. The van der Waals surface area contributed by atoms with Crippen molar-refractivity contribution >= 4 is 11.5 Å². The Morgan fingerprint density at radius 1 is 1.14 bits per heavy atom. The number of benzene rings is 1. The molecule has 1 aromatic carbocycles. The van der Waals surface area contributed by atoms with Crippen LogP contribution in [0.3, 0.4) is 0 Å². The van der Waals surface area contributed by atoms with Crippen LogP contribution < -0.4 is 5.32 Å². The van der Waals surface area contributed by atoms with Crippen LogP contribution in [-0.4, -0.2) is 26.8 Å². The molecule has 1 amide bonds. The van der Waals surface area contributed by atoms with E-state index >= 15 is 0 Å². The fourth-order valence-corrected chi connectivity index (χ4v) is 2.83. The highest BCUT2D eigenvalue weighted by Gasteiger charge is 2.35. The Kier molecular flexibility index (Phi) is 5.81. The van der Waals surface area contributed by atoms with Gasteiger partial charge in [0.2, 0.25) is 5.91 Å². The zero-order valence-electron chi connectivity index (χ0n) is 15.9. The van der Waals surface area contributed by atoms with Crippen molar-refractivity contribution in [3.63, 3.8) is 0 Å². The number of carbonyl (C=O) groups is 1. The molecule has 2 heterocycles. The molecule has 2 aromatic heterocycles. The minimum Gasteiger partial charge on any atom is -0.348 e. The van der Waals surface area contributed by atoms with E-state index in [-0.39, 0.29) is 12.1 Å². The molecule has 0 atom stereocenters. The van der Waals surface area contributed by atoms with E-state index in [0.717, 1.165) is 11.4 Å². The minimum absolute atomic E-state index is 0.0552. The van der Waals surface area contributed by atoms with Crippen molar-refractivity contribution in [1.29, 1.82) is 0 Å². The van der Waals surface area contributed by atoms with Crippen LogP contribution in [0, 0.1) is 13.8 Å². The van der Waals surface area contributed by atoms with Crippen molar-refractivity contribution in [2.75, 3.05) is 0 Å². The van der Waals surface area contributed by atoms with Gasteiger partial charge in [0.15, 0.2) is 5.82 Å². The van der Waals surface area contributed by atoms with Gasteiger partial charge in [-0.05, 0) is 37.1 Å². The summed E-state index contributed by atoms with van der Waals surface area (Å²) in [5, 5.41) is 6.81. The standard InChI is InChI=1S/C21H19F3N4O/c1-14-10-15(2)28(27-14)19-9-8-16(12-25-19)13-26-20(29)11-18(21(22,23)24)17-6-4-3-5-7-17/h3-12H,13H2,1-2H3,(H,26,29)/b18-11-. The summed E-state index contributed by atoms with van der Waals surface area (Å²) < 4.78 is 41.6. The number of hydrogen-bond acceptors (Lipinski definition) is 3. The molecule has 0 aliphatic carbocycles. The number of alkyl halides is 3. The Morgan fingerprint density at radius 2 is 1.86 bits per heavy atom. The van der Waals surface area contributed by atoms with Gasteiger partial charge in [-0.3, -0.25) is 4.79 Å². The second-order valence-electron chi connectivity index (χ2n) is 6.50. The van der Waals surface area contributed by atoms with Gasteiger partial charge < -0.3 is 5.32 Å². The molecule has 150 valence electrons. The molecule has 1 N–H and O–H groups in total. The lowest BCUT2D eigenvalue weighted by Gasteiger charge is -2.12. The number of hydrogen-bond donors (Lipinski definition) is 1. The topological polar surface area (TPSA) is 59.8 Å². The van der Waals surface area contributed by atoms with Crippen LogP contribution in [0.15, 0.2) is 60.8 Å². The molecular weight excluding hydrogens is 381 g/mol. The number of amides is 1. The molecule has 29 heavy (non-hydrogen) atoms. The second-order valence-corrected chi connectivity index (χ2v) is 6.50. The average Bonchev–Trinajstić information content (AvgIpc) is 3.02. The molecule has 5 nitrogen and oxygen atoms in total. The van der Waals surface area contributed by atoms with Crippen molar-refractivity contribution in [1.82, 2.24) is 20.1 Å². The molecule has 0 bridgehead atoms. The van der Waals surface area contributed by atoms with E-state index in [9.17, 15) is 18.0 Å². The molecule has 3 aromatic rings.